The Morgan fingerprint density at radius 2 is 1.62 bits per heavy atom. The summed E-state index contributed by atoms with van der Waals surface area (Å²) >= 11 is 0. The molecule has 1 saturated heterocycles. The Balaban J connectivity index is 1.87. The minimum atomic E-state index is -0.246. The van der Waals surface area contributed by atoms with Gasteiger partial charge in [0.2, 0.25) is 11.8 Å². The van der Waals surface area contributed by atoms with Gasteiger partial charge in [0.25, 0.3) is 0 Å². The zero-order valence-corrected chi connectivity index (χ0v) is 20.4. The maximum Gasteiger partial charge on any atom is 0.317 e. The van der Waals surface area contributed by atoms with E-state index in [1.165, 1.54) is 0 Å². The van der Waals surface area contributed by atoms with Gasteiger partial charge in [0.1, 0.15) is 0 Å². The fourth-order valence-electron chi connectivity index (χ4n) is 3.60. The number of urea groups is 1. The fourth-order valence-corrected chi connectivity index (χ4v) is 3.60. The molecule has 1 aromatic carbocycles. The van der Waals surface area contributed by atoms with Gasteiger partial charge >= 0.3 is 6.03 Å². The molecule has 8 nitrogen and oxygen atoms in total. The lowest BCUT2D eigenvalue weighted by atomic mass is 10.1. The van der Waals surface area contributed by atoms with Crippen LogP contribution in [-0.4, -0.2) is 72.5 Å². The summed E-state index contributed by atoms with van der Waals surface area (Å²) < 4.78 is 0. The highest BCUT2D eigenvalue weighted by Crippen LogP contribution is 2.20. The number of amides is 4. The lowest BCUT2D eigenvalue weighted by Crippen LogP contribution is -2.55. The monoisotopic (exact) mass is 445 g/mol. The highest BCUT2D eigenvalue weighted by Gasteiger charge is 2.24. The molecule has 1 heterocycles. The molecule has 2 N–H and O–H groups in total. The van der Waals surface area contributed by atoms with Gasteiger partial charge in [0.15, 0.2) is 0 Å². The molecular weight excluding hydrogens is 406 g/mol. The third kappa shape index (κ3) is 7.73. The van der Waals surface area contributed by atoms with Crippen LogP contribution in [0.5, 0.6) is 0 Å². The van der Waals surface area contributed by atoms with Crippen LogP contribution in [0.15, 0.2) is 24.3 Å². The van der Waals surface area contributed by atoms with Crippen LogP contribution < -0.4 is 15.5 Å². The SMILES string of the molecule is CCCN(CC(=O)Nc1ccc(N2CCN(C(=O)NC(C)(C)C)CC2)cc1)C(=O)C(C)C. The number of benzene rings is 1. The van der Waals surface area contributed by atoms with E-state index in [9.17, 15) is 14.4 Å². The molecule has 0 unspecified atom stereocenters. The zero-order valence-electron chi connectivity index (χ0n) is 20.4. The third-order valence-electron chi connectivity index (χ3n) is 5.20. The Bertz CT molecular complexity index is 778. The van der Waals surface area contributed by atoms with E-state index in [4.69, 9.17) is 0 Å². The number of carbonyl (C=O) groups excluding carboxylic acids is 3. The molecule has 0 aromatic heterocycles. The first-order valence-corrected chi connectivity index (χ1v) is 11.5. The molecule has 0 bridgehead atoms. The Kier molecular flexibility index (Phi) is 8.92. The number of anilines is 2. The Labute approximate surface area is 192 Å². The quantitative estimate of drug-likeness (QED) is 0.675. The molecule has 1 aliphatic heterocycles. The van der Waals surface area contributed by atoms with Gasteiger partial charge in [0, 0.05) is 55.6 Å². The number of carbonyl (C=O) groups is 3. The second kappa shape index (κ2) is 11.2. The summed E-state index contributed by atoms with van der Waals surface area (Å²) in [7, 11) is 0. The highest BCUT2D eigenvalue weighted by atomic mass is 16.2. The molecule has 0 saturated carbocycles. The average molecular weight is 446 g/mol. The van der Waals surface area contributed by atoms with Crippen molar-refractivity contribution in [2.45, 2.75) is 53.5 Å². The molecule has 0 aliphatic carbocycles. The van der Waals surface area contributed by atoms with Gasteiger partial charge in [-0.1, -0.05) is 20.8 Å². The Hall–Kier alpha value is -2.77. The van der Waals surface area contributed by atoms with Crippen molar-refractivity contribution in [3.63, 3.8) is 0 Å². The smallest absolute Gasteiger partial charge is 0.317 e. The van der Waals surface area contributed by atoms with Gasteiger partial charge < -0.3 is 25.3 Å². The molecule has 0 atom stereocenters. The largest absolute Gasteiger partial charge is 0.368 e. The molecular formula is C24H39N5O3. The summed E-state index contributed by atoms with van der Waals surface area (Å²) in [6.45, 7) is 15.1. The summed E-state index contributed by atoms with van der Waals surface area (Å²) in [4.78, 5) is 42.8. The normalized spacial score (nSPS) is 14.3. The first-order valence-electron chi connectivity index (χ1n) is 11.5. The van der Waals surface area contributed by atoms with Gasteiger partial charge in [-0.3, -0.25) is 9.59 Å². The predicted octanol–water partition coefficient (Wildman–Crippen LogP) is 3.15. The van der Waals surface area contributed by atoms with Crippen molar-refractivity contribution in [1.29, 1.82) is 0 Å². The predicted molar refractivity (Wildman–Crippen MR) is 129 cm³/mol. The summed E-state index contributed by atoms with van der Waals surface area (Å²) in [5, 5.41) is 5.89. The number of nitrogens with one attached hydrogen (secondary N) is 2. The Morgan fingerprint density at radius 1 is 1.03 bits per heavy atom. The van der Waals surface area contributed by atoms with Gasteiger partial charge in [-0.25, -0.2) is 4.79 Å². The van der Waals surface area contributed by atoms with E-state index in [1.54, 1.807) is 4.90 Å². The van der Waals surface area contributed by atoms with Crippen molar-refractivity contribution >= 4 is 29.2 Å². The minimum Gasteiger partial charge on any atom is -0.368 e. The lowest BCUT2D eigenvalue weighted by Gasteiger charge is -2.37. The van der Waals surface area contributed by atoms with Gasteiger partial charge in [-0.15, -0.1) is 0 Å². The molecule has 32 heavy (non-hydrogen) atoms. The third-order valence-corrected chi connectivity index (χ3v) is 5.20. The van der Waals surface area contributed by atoms with Gasteiger partial charge in [-0.05, 0) is 51.5 Å². The van der Waals surface area contributed by atoms with Crippen LogP contribution in [0.3, 0.4) is 0 Å². The average Bonchev–Trinajstić information content (AvgIpc) is 2.72. The maximum atomic E-state index is 12.5. The topological polar surface area (TPSA) is 85.0 Å². The van der Waals surface area contributed by atoms with E-state index in [-0.39, 0.29) is 35.8 Å². The Morgan fingerprint density at radius 3 is 2.12 bits per heavy atom. The standard InChI is InChI=1S/C24H39N5O3/c1-7-12-29(22(31)18(2)3)17-21(30)25-19-8-10-20(11-9-19)27-13-15-28(16-14-27)23(32)26-24(4,5)6/h8-11,18H,7,12-17H2,1-6H3,(H,25,30)(H,26,32). The van der Waals surface area contributed by atoms with Crippen LogP contribution in [-0.2, 0) is 9.59 Å². The summed E-state index contributed by atoms with van der Waals surface area (Å²) in [6, 6.07) is 7.68. The van der Waals surface area contributed by atoms with E-state index in [0.717, 1.165) is 25.2 Å². The summed E-state index contributed by atoms with van der Waals surface area (Å²) in [6.07, 6.45) is 0.811. The number of piperazine rings is 1. The molecule has 0 radical (unpaired) electrons. The molecule has 0 spiro atoms. The van der Waals surface area contributed by atoms with Crippen LogP contribution in [0.4, 0.5) is 16.2 Å². The number of hydrogen-bond acceptors (Lipinski definition) is 4. The highest BCUT2D eigenvalue weighted by molar-refractivity contribution is 5.94. The number of hydrogen-bond donors (Lipinski definition) is 2. The molecule has 1 fully saturated rings. The van der Waals surface area contributed by atoms with Crippen LogP contribution in [0.25, 0.3) is 0 Å². The van der Waals surface area contributed by atoms with Gasteiger partial charge in [0.05, 0.1) is 6.54 Å². The van der Waals surface area contributed by atoms with Gasteiger partial charge in [-0.2, -0.15) is 0 Å². The van der Waals surface area contributed by atoms with E-state index in [1.807, 2.05) is 70.7 Å². The molecule has 8 heteroatoms. The summed E-state index contributed by atoms with van der Waals surface area (Å²) in [5.41, 5.74) is 1.52. The maximum absolute atomic E-state index is 12.5. The van der Waals surface area contributed by atoms with Crippen LogP contribution >= 0.6 is 0 Å². The lowest BCUT2D eigenvalue weighted by molar-refractivity contribution is -0.137. The van der Waals surface area contributed by atoms with Crippen molar-refractivity contribution in [2.24, 2.45) is 5.92 Å². The molecule has 4 amide bonds. The van der Waals surface area contributed by atoms with Crippen LogP contribution in [0.2, 0.25) is 0 Å². The molecule has 1 aromatic rings. The first-order chi connectivity index (χ1) is 15.0. The summed E-state index contributed by atoms with van der Waals surface area (Å²) in [5.74, 6) is -0.333. The zero-order chi connectivity index (χ0) is 23.9. The van der Waals surface area contributed by atoms with E-state index < -0.39 is 0 Å². The molecule has 1 aliphatic rings. The second-order valence-corrected chi connectivity index (χ2v) is 9.66. The molecule has 2 rings (SSSR count). The van der Waals surface area contributed by atoms with E-state index >= 15 is 0 Å². The van der Waals surface area contributed by atoms with Crippen molar-refractivity contribution in [3.8, 4) is 0 Å². The van der Waals surface area contributed by atoms with Crippen molar-refractivity contribution < 1.29 is 14.4 Å². The first kappa shape index (κ1) is 25.5. The van der Waals surface area contributed by atoms with Crippen molar-refractivity contribution in [2.75, 3.05) is 49.5 Å². The number of nitrogens with zero attached hydrogens (tertiary/aromatic N) is 3. The van der Waals surface area contributed by atoms with Crippen LogP contribution in [0, 0.1) is 5.92 Å². The minimum absolute atomic E-state index is 0.00679. The number of rotatable bonds is 7. The van der Waals surface area contributed by atoms with Crippen molar-refractivity contribution in [3.05, 3.63) is 24.3 Å². The fraction of sp³-hybridized carbons (Fsp3) is 0.625. The molecule has 178 valence electrons. The van der Waals surface area contributed by atoms with E-state index in [2.05, 4.69) is 15.5 Å². The van der Waals surface area contributed by atoms with E-state index in [0.29, 0.717) is 25.3 Å². The van der Waals surface area contributed by atoms with Crippen molar-refractivity contribution in [1.82, 2.24) is 15.1 Å². The second-order valence-electron chi connectivity index (χ2n) is 9.66. The van der Waals surface area contributed by atoms with Crippen LogP contribution in [0.1, 0.15) is 48.0 Å².